The van der Waals surface area contributed by atoms with Gasteiger partial charge in [0.25, 0.3) is 0 Å². The van der Waals surface area contributed by atoms with Crippen molar-refractivity contribution in [3.8, 4) is 0 Å². The maximum Gasteiger partial charge on any atom is 0.407 e. The summed E-state index contributed by atoms with van der Waals surface area (Å²) < 4.78 is 5.07. The van der Waals surface area contributed by atoms with Gasteiger partial charge in [-0.25, -0.2) is 4.79 Å². The highest BCUT2D eigenvalue weighted by Gasteiger charge is 2.11. The molecule has 1 aromatic rings. The van der Waals surface area contributed by atoms with Gasteiger partial charge in [0, 0.05) is 21.9 Å². The third-order valence-corrected chi connectivity index (χ3v) is 3.34. The number of ether oxygens (including phenoxy) is 1. The second-order valence-electron chi connectivity index (χ2n) is 5.32. The molecule has 0 bridgehead atoms. The number of alkyl carbamates (subject to hydrolysis) is 1. The summed E-state index contributed by atoms with van der Waals surface area (Å²) in [5, 5.41) is 5.43. The molecule has 0 saturated heterocycles. The fourth-order valence-corrected chi connectivity index (χ4v) is 1.94. The van der Waals surface area contributed by atoms with Gasteiger partial charge in [-0.05, 0) is 12.0 Å². The first-order valence-electron chi connectivity index (χ1n) is 7.85. The second-order valence-corrected chi connectivity index (χ2v) is 5.32. The summed E-state index contributed by atoms with van der Waals surface area (Å²) >= 11 is 0. The van der Waals surface area contributed by atoms with Crippen molar-refractivity contribution in [2.24, 2.45) is 5.92 Å². The predicted octanol–water partition coefficient (Wildman–Crippen LogP) is 3.35. The van der Waals surface area contributed by atoms with Crippen molar-refractivity contribution in [1.82, 2.24) is 10.6 Å². The van der Waals surface area contributed by atoms with Crippen molar-refractivity contribution in [2.75, 3.05) is 13.1 Å². The Morgan fingerprint density at radius 1 is 1.18 bits per heavy atom. The zero-order chi connectivity index (χ0) is 16.2. The van der Waals surface area contributed by atoms with Gasteiger partial charge in [-0.3, -0.25) is 4.79 Å². The standard InChI is InChI=1S/C17H26N2O3.2H2/c1-3-4-8-14(2)16(20)18-11-12-19-17(21)22-13-15-9-6-5-7-10-15;;/h5-7,9-10,14H,3-4,8,11-13H2,1-2H3,(H,18,20)(H,19,21);2*1H. The first-order chi connectivity index (χ1) is 10.6. The van der Waals surface area contributed by atoms with Crippen LogP contribution in [0.25, 0.3) is 0 Å². The van der Waals surface area contributed by atoms with Crippen LogP contribution in [0.2, 0.25) is 0 Å². The van der Waals surface area contributed by atoms with Gasteiger partial charge in [0.1, 0.15) is 6.61 Å². The van der Waals surface area contributed by atoms with E-state index in [9.17, 15) is 9.59 Å². The Balaban J connectivity index is 0. The normalized spacial score (nSPS) is 11.5. The molecule has 0 radical (unpaired) electrons. The zero-order valence-corrected chi connectivity index (χ0v) is 13.4. The summed E-state index contributed by atoms with van der Waals surface area (Å²) in [6, 6.07) is 9.49. The smallest absolute Gasteiger partial charge is 0.407 e. The van der Waals surface area contributed by atoms with E-state index in [-0.39, 0.29) is 21.3 Å². The van der Waals surface area contributed by atoms with E-state index in [4.69, 9.17) is 4.74 Å². The van der Waals surface area contributed by atoms with Crippen molar-refractivity contribution >= 4 is 12.0 Å². The lowest BCUT2D eigenvalue weighted by molar-refractivity contribution is -0.124. The summed E-state index contributed by atoms with van der Waals surface area (Å²) in [7, 11) is 0. The first kappa shape index (κ1) is 18.0. The highest BCUT2D eigenvalue weighted by molar-refractivity contribution is 5.78. The van der Waals surface area contributed by atoms with Crippen molar-refractivity contribution in [1.29, 1.82) is 0 Å². The van der Waals surface area contributed by atoms with Gasteiger partial charge in [0.05, 0.1) is 0 Å². The van der Waals surface area contributed by atoms with Crippen molar-refractivity contribution in [3.63, 3.8) is 0 Å². The van der Waals surface area contributed by atoms with Crippen LogP contribution in [-0.4, -0.2) is 25.1 Å². The maximum atomic E-state index is 11.7. The Labute approximate surface area is 135 Å². The Hall–Kier alpha value is -2.04. The molecule has 0 aliphatic rings. The summed E-state index contributed by atoms with van der Waals surface area (Å²) in [6.07, 6.45) is 2.57. The van der Waals surface area contributed by atoms with Gasteiger partial charge in [0.2, 0.25) is 5.91 Å². The Morgan fingerprint density at radius 2 is 1.86 bits per heavy atom. The summed E-state index contributed by atoms with van der Waals surface area (Å²) in [4.78, 5) is 23.2. The van der Waals surface area contributed by atoms with Gasteiger partial charge in [-0.15, -0.1) is 0 Å². The molecule has 5 heteroatoms. The maximum absolute atomic E-state index is 11.7. The zero-order valence-electron chi connectivity index (χ0n) is 13.4. The average molecular weight is 310 g/mol. The van der Waals surface area contributed by atoms with Crippen LogP contribution in [0.15, 0.2) is 30.3 Å². The number of hydrogen-bond acceptors (Lipinski definition) is 3. The molecule has 0 aromatic heterocycles. The molecular weight excluding hydrogens is 280 g/mol. The van der Waals surface area contributed by atoms with Crippen LogP contribution in [0.4, 0.5) is 4.79 Å². The van der Waals surface area contributed by atoms with Crippen LogP contribution in [0.1, 0.15) is 41.5 Å². The summed E-state index contributed by atoms with van der Waals surface area (Å²) in [6.45, 7) is 5.05. The molecular formula is C17H30N2O3. The lowest BCUT2D eigenvalue weighted by Gasteiger charge is -2.12. The van der Waals surface area contributed by atoms with E-state index in [2.05, 4.69) is 17.6 Å². The van der Waals surface area contributed by atoms with Crippen LogP contribution in [0.5, 0.6) is 0 Å². The van der Waals surface area contributed by atoms with Gasteiger partial charge in [-0.2, -0.15) is 0 Å². The summed E-state index contributed by atoms with van der Waals surface area (Å²) in [5.74, 6) is 0.0536. The van der Waals surface area contributed by atoms with E-state index in [1.54, 1.807) is 0 Å². The molecule has 0 heterocycles. The van der Waals surface area contributed by atoms with E-state index in [1.165, 1.54) is 0 Å². The quantitative estimate of drug-likeness (QED) is 0.687. The highest BCUT2D eigenvalue weighted by Crippen LogP contribution is 2.06. The molecule has 0 aliphatic carbocycles. The number of nitrogens with one attached hydrogen (secondary N) is 2. The number of unbranched alkanes of at least 4 members (excludes halogenated alkanes) is 1. The molecule has 1 rings (SSSR count). The largest absolute Gasteiger partial charge is 0.445 e. The number of hydrogen-bond donors (Lipinski definition) is 2. The van der Waals surface area contributed by atoms with E-state index in [1.807, 2.05) is 37.3 Å². The Bertz CT molecular complexity index is 458. The lowest BCUT2D eigenvalue weighted by atomic mass is 10.0. The van der Waals surface area contributed by atoms with Crippen LogP contribution < -0.4 is 10.6 Å². The van der Waals surface area contributed by atoms with E-state index < -0.39 is 6.09 Å². The predicted molar refractivity (Wildman–Crippen MR) is 90.6 cm³/mol. The van der Waals surface area contributed by atoms with E-state index in [0.29, 0.717) is 13.1 Å². The fourth-order valence-electron chi connectivity index (χ4n) is 1.94. The van der Waals surface area contributed by atoms with Gasteiger partial charge >= 0.3 is 6.09 Å². The van der Waals surface area contributed by atoms with E-state index >= 15 is 0 Å². The van der Waals surface area contributed by atoms with Crippen molar-refractivity contribution < 1.29 is 17.2 Å². The van der Waals surface area contributed by atoms with Crippen molar-refractivity contribution in [2.45, 2.75) is 39.7 Å². The Kier molecular flexibility index (Phi) is 8.72. The van der Waals surface area contributed by atoms with Gasteiger partial charge in [0.15, 0.2) is 0 Å². The number of carbonyl (C=O) groups excluding carboxylic acids is 2. The monoisotopic (exact) mass is 310 g/mol. The third kappa shape index (κ3) is 7.67. The van der Waals surface area contributed by atoms with Gasteiger partial charge < -0.3 is 15.4 Å². The molecule has 0 saturated carbocycles. The molecule has 2 N–H and O–H groups in total. The first-order valence-corrected chi connectivity index (χ1v) is 7.85. The molecule has 0 spiro atoms. The SMILES string of the molecule is CCCCC(C)C(=O)NCCNC(=O)OCc1ccccc1.[HH].[HH]. The topological polar surface area (TPSA) is 67.4 Å². The molecule has 1 aromatic carbocycles. The number of rotatable bonds is 9. The molecule has 126 valence electrons. The minimum absolute atomic E-state index is 0. The molecule has 0 aliphatic heterocycles. The lowest BCUT2D eigenvalue weighted by Crippen LogP contribution is -2.37. The molecule has 1 unspecified atom stereocenters. The van der Waals surface area contributed by atoms with Crippen LogP contribution in [0.3, 0.4) is 0 Å². The number of amides is 2. The molecule has 1 atom stereocenters. The second kappa shape index (κ2) is 10.7. The Morgan fingerprint density at radius 3 is 2.55 bits per heavy atom. The van der Waals surface area contributed by atoms with Crippen LogP contribution >= 0.6 is 0 Å². The average Bonchev–Trinajstić information content (AvgIpc) is 2.55. The van der Waals surface area contributed by atoms with Crippen LogP contribution in [-0.2, 0) is 16.1 Å². The minimum atomic E-state index is -0.475. The third-order valence-electron chi connectivity index (χ3n) is 3.34. The van der Waals surface area contributed by atoms with Crippen molar-refractivity contribution in [3.05, 3.63) is 35.9 Å². The molecule has 2 amide bonds. The molecule has 5 nitrogen and oxygen atoms in total. The van der Waals surface area contributed by atoms with Crippen LogP contribution in [0, 0.1) is 5.92 Å². The highest BCUT2D eigenvalue weighted by atomic mass is 16.5. The fraction of sp³-hybridized carbons (Fsp3) is 0.529. The van der Waals surface area contributed by atoms with E-state index in [0.717, 1.165) is 24.8 Å². The number of benzene rings is 1. The molecule has 0 fully saturated rings. The van der Waals surface area contributed by atoms with Gasteiger partial charge in [-0.1, -0.05) is 57.0 Å². The summed E-state index contributed by atoms with van der Waals surface area (Å²) in [5.41, 5.74) is 0.940. The molecule has 22 heavy (non-hydrogen) atoms. The number of carbonyl (C=O) groups is 2. The minimum Gasteiger partial charge on any atom is -0.445 e.